The average Bonchev–Trinajstić information content (AvgIpc) is 3.30. The second-order valence-corrected chi connectivity index (χ2v) is 7.73. The Morgan fingerprint density at radius 3 is 2.61 bits per heavy atom. The fourth-order valence-corrected chi connectivity index (χ4v) is 4.06. The molecule has 176 valence electrons. The Hall–Kier alpha value is -3.62. The van der Waals surface area contributed by atoms with Crippen LogP contribution in [0.2, 0.25) is 0 Å². The Kier molecular flexibility index (Phi) is 7.87. The molecule has 4 amide bonds. The molecule has 0 bridgehead atoms. The number of carbonyl (C=O) groups excluding carboxylic acids is 4. The second kappa shape index (κ2) is 10.8. The fraction of sp³-hybridized carbons (Fsp3) is 0.417. The Labute approximate surface area is 192 Å². The van der Waals surface area contributed by atoms with E-state index in [1.165, 1.54) is 13.2 Å². The summed E-state index contributed by atoms with van der Waals surface area (Å²) in [6, 6.07) is 2.42. The zero-order chi connectivity index (χ0) is 24.0. The van der Waals surface area contributed by atoms with Gasteiger partial charge in [-0.1, -0.05) is 18.9 Å². The van der Waals surface area contributed by atoms with Crippen LogP contribution >= 0.6 is 0 Å². The number of barbiturate groups is 1. The SMILES string of the molecule is C=CCc1cc(/C=C2\C(=O)NC(=O)N(C3CCCC3)C2=O)cc(OC)c1OCC(=O)OCC. The van der Waals surface area contributed by atoms with Crippen molar-refractivity contribution >= 4 is 29.9 Å². The maximum absolute atomic E-state index is 13.1. The van der Waals surface area contributed by atoms with E-state index in [1.54, 1.807) is 25.1 Å². The highest BCUT2D eigenvalue weighted by molar-refractivity contribution is 6.31. The van der Waals surface area contributed by atoms with Crippen molar-refractivity contribution in [2.45, 2.75) is 45.1 Å². The van der Waals surface area contributed by atoms with Crippen LogP contribution in [0.3, 0.4) is 0 Å². The van der Waals surface area contributed by atoms with Gasteiger partial charge in [0, 0.05) is 11.6 Å². The highest BCUT2D eigenvalue weighted by atomic mass is 16.6. The van der Waals surface area contributed by atoms with E-state index in [0.717, 1.165) is 30.6 Å². The summed E-state index contributed by atoms with van der Waals surface area (Å²) < 4.78 is 16.0. The number of benzene rings is 1. The molecule has 0 spiro atoms. The normalized spacial score (nSPS) is 17.8. The van der Waals surface area contributed by atoms with Crippen LogP contribution in [0.4, 0.5) is 4.79 Å². The minimum absolute atomic E-state index is 0.131. The minimum atomic E-state index is -0.744. The smallest absolute Gasteiger partial charge is 0.344 e. The van der Waals surface area contributed by atoms with Crippen LogP contribution in [-0.4, -0.2) is 55.1 Å². The first kappa shape index (κ1) is 24.0. The molecule has 33 heavy (non-hydrogen) atoms. The number of esters is 1. The van der Waals surface area contributed by atoms with E-state index in [2.05, 4.69) is 11.9 Å². The van der Waals surface area contributed by atoms with Gasteiger partial charge in [0.25, 0.3) is 11.8 Å². The zero-order valence-electron chi connectivity index (χ0n) is 18.8. The molecule has 1 aromatic carbocycles. The number of imide groups is 2. The largest absolute Gasteiger partial charge is 0.493 e. The van der Waals surface area contributed by atoms with Crippen LogP contribution in [0.5, 0.6) is 11.5 Å². The van der Waals surface area contributed by atoms with E-state index < -0.39 is 23.8 Å². The number of carbonyl (C=O) groups is 4. The predicted molar refractivity (Wildman–Crippen MR) is 120 cm³/mol. The lowest BCUT2D eigenvalue weighted by molar-refractivity contribution is -0.145. The first-order valence-corrected chi connectivity index (χ1v) is 10.9. The summed E-state index contributed by atoms with van der Waals surface area (Å²) in [4.78, 5) is 50.7. The molecule has 1 aliphatic carbocycles. The molecule has 1 aliphatic heterocycles. The van der Waals surface area contributed by atoms with Gasteiger partial charge in [0.2, 0.25) is 0 Å². The van der Waals surface area contributed by atoms with Gasteiger partial charge in [-0.05, 0) is 50.0 Å². The van der Waals surface area contributed by atoms with Crippen LogP contribution in [0.1, 0.15) is 43.7 Å². The molecule has 1 saturated heterocycles. The lowest BCUT2D eigenvalue weighted by Gasteiger charge is -2.31. The molecule has 1 aromatic rings. The van der Waals surface area contributed by atoms with Gasteiger partial charge in [0.15, 0.2) is 18.1 Å². The third kappa shape index (κ3) is 5.42. The van der Waals surface area contributed by atoms with Crippen molar-refractivity contribution in [2.75, 3.05) is 20.3 Å². The topological polar surface area (TPSA) is 111 Å². The van der Waals surface area contributed by atoms with Gasteiger partial charge >= 0.3 is 12.0 Å². The molecule has 1 N–H and O–H groups in total. The van der Waals surface area contributed by atoms with E-state index in [4.69, 9.17) is 14.2 Å². The highest BCUT2D eigenvalue weighted by Crippen LogP contribution is 2.35. The molecule has 0 radical (unpaired) electrons. The molecule has 9 nitrogen and oxygen atoms in total. The van der Waals surface area contributed by atoms with Gasteiger partial charge in [-0.15, -0.1) is 6.58 Å². The molecule has 1 saturated carbocycles. The number of urea groups is 1. The number of hydrogen-bond acceptors (Lipinski definition) is 7. The molecule has 1 heterocycles. The first-order valence-electron chi connectivity index (χ1n) is 10.9. The average molecular weight is 456 g/mol. The Balaban J connectivity index is 1.95. The van der Waals surface area contributed by atoms with Crippen molar-refractivity contribution in [3.63, 3.8) is 0 Å². The molecule has 0 unspecified atom stereocenters. The molecule has 0 atom stereocenters. The van der Waals surface area contributed by atoms with Crippen molar-refractivity contribution in [3.8, 4) is 11.5 Å². The van der Waals surface area contributed by atoms with Crippen molar-refractivity contribution < 1.29 is 33.4 Å². The van der Waals surface area contributed by atoms with Crippen LogP contribution in [0, 0.1) is 0 Å². The van der Waals surface area contributed by atoms with E-state index in [-0.39, 0.29) is 24.8 Å². The minimum Gasteiger partial charge on any atom is -0.493 e. The lowest BCUT2D eigenvalue weighted by Crippen LogP contribution is -2.57. The monoisotopic (exact) mass is 456 g/mol. The number of nitrogens with zero attached hydrogens (tertiary/aromatic N) is 1. The van der Waals surface area contributed by atoms with E-state index in [0.29, 0.717) is 29.0 Å². The van der Waals surface area contributed by atoms with Gasteiger partial charge in [-0.3, -0.25) is 19.8 Å². The summed E-state index contributed by atoms with van der Waals surface area (Å²) in [5.74, 6) is -1.21. The summed E-state index contributed by atoms with van der Waals surface area (Å²) in [6.45, 7) is 5.39. The first-order chi connectivity index (χ1) is 15.9. The van der Waals surface area contributed by atoms with Crippen LogP contribution in [0.25, 0.3) is 6.08 Å². The molecule has 3 rings (SSSR count). The third-order valence-electron chi connectivity index (χ3n) is 5.51. The maximum atomic E-state index is 13.1. The van der Waals surface area contributed by atoms with Crippen molar-refractivity contribution in [3.05, 3.63) is 41.5 Å². The van der Waals surface area contributed by atoms with Crippen molar-refractivity contribution in [1.82, 2.24) is 10.2 Å². The van der Waals surface area contributed by atoms with Crippen molar-refractivity contribution in [1.29, 1.82) is 0 Å². The number of nitrogens with one attached hydrogen (secondary N) is 1. The molecule has 0 aromatic heterocycles. The summed E-state index contributed by atoms with van der Waals surface area (Å²) in [5, 5.41) is 2.27. The number of hydrogen-bond donors (Lipinski definition) is 1. The van der Waals surface area contributed by atoms with E-state index in [1.807, 2.05) is 0 Å². The van der Waals surface area contributed by atoms with Crippen molar-refractivity contribution in [2.24, 2.45) is 0 Å². The van der Waals surface area contributed by atoms with Crippen LogP contribution in [-0.2, 0) is 25.5 Å². The Morgan fingerprint density at radius 1 is 1.24 bits per heavy atom. The fourth-order valence-electron chi connectivity index (χ4n) is 4.06. The third-order valence-corrected chi connectivity index (χ3v) is 5.51. The summed E-state index contributed by atoms with van der Waals surface area (Å²) >= 11 is 0. The van der Waals surface area contributed by atoms with Gasteiger partial charge in [-0.2, -0.15) is 0 Å². The molecular formula is C24H28N2O7. The number of allylic oxidation sites excluding steroid dienone is 1. The zero-order valence-corrected chi connectivity index (χ0v) is 18.8. The number of rotatable bonds is 9. The van der Waals surface area contributed by atoms with Crippen LogP contribution < -0.4 is 14.8 Å². The van der Waals surface area contributed by atoms with Crippen LogP contribution in [0.15, 0.2) is 30.4 Å². The predicted octanol–water partition coefficient (Wildman–Crippen LogP) is 2.77. The van der Waals surface area contributed by atoms with Gasteiger partial charge < -0.3 is 14.2 Å². The highest BCUT2D eigenvalue weighted by Gasteiger charge is 2.40. The standard InChI is InChI=1S/C24H28N2O7/c1-4-8-16-11-15(13-19(31-3)21(16)33-14-20(27)32-5-2)12-18-22(28)25-24(30)26(23(18)29)17-9-6-7-10-17/h4,11-13,17H,1,5-10,14H2,2-3H3,(H,25,28,30)/b18-12+. The van der Waals surface area contributed by atoms with Gasteiger partial charge in [0.1, 0.15) is 5.57 Å². The van der Waals surface area contributed by atoms with E-state index in [9.17, 15) is 19.2 Å². The molecular weight excluding hydrogens is 428 g/mol. The van der Waals surface area contributed by atoms with Gasteiger partial charge in [0.05, 0.1) is 13.7 Å². The maximum Gasteiger partial charge on any atom is 0.344 e. The number of amides is 4. The number of methoxy groups -OCH3 is 1. The van der Waals surface area contributed by atoms with E-state index >= 15 is 0 Å². The number of ether oxygens (including phenoxy) is 3. The summed E-state index contributed by atoms with van der Waals surface area (Å²) in [5.41, 5.74) is 1.02. The molecule has 9 heteroatoms. The second-order valence-electron chi connectivity index (χ2n) is 7.73. The van der Waals surface area contributed by atoms with Gasteiger partial charge in [-0.25, -0.2) is 9.59 Å². The quantitative estimate of drug-likeness (QED) is 0.263. The Bertz CT molecular complexity index is 993. The molecule has 2 fully saturated rings. The lowest BCUT2D eigenvalue weighted by atomic mass is 10.0. The molecule has 2 aliphatic rings. The summed E-state index contributed by atoms with van der Waals surface area (Å²) in [6.07, 6.45) is 6.79. The summed E-state index contributed by atoms with van der Waals surface area (Å²) in [7, 11) is 1.44. The Morgan fingerprint density at radius 2 is 1.97 bits per heavy atom.